The van der Waals surface area contributed by atoms with Crippen LogP contribution in [0.25, 0.3) is 0 Å². The van der Waals surface area contributed by atoms with Crippen molar-refractivity contribution in [3.63, 3.8) is 0 Å². The van der Waals surface area contributed by atoms with E-state index in [1.807, 2.05) is 6.92 Å². The predicted molar refractivity (Wildman–Crippen MR) is 84.8 cm³/mol. The van der Waals surface area contributed by atoms with Gasteiger partial charge in [0, 0.05) is 32.2 Å². The summed E-state index contributed by atoms with van der Waals surface area (Å²) in [4.78, 5) is 0. The van der Waals surface area contributed by atoms with Gasteiger partial charge in [0.1, 0.15) is 12.4 Å². The van der Waals surface area contributed by atoms with Gasteiger partial charge in [-0.25, -0.2) is 0 Å². The van der Waals surface area contributed by atoms with Crippen molar-refractivity contribution >= 4 is 34.8 Å². The molecular weight excluding hydrogens is 317 g/mol. The first-order valence-electron chi connectivity index (χ1n) is 6.09. The van der Waals surface area contributed by atoms with Gasteiger partial charge in [-0.1, -0.05) is 34.8 Å². The normalized spacial score (nSPS) is 12.2. The summed E-state index contributed by atoms with van der Waals surface area (Å²) in [6, 6.07) is 10.5. The molecule has 0 aromatic heterocycles. The molecule has 0 saturated carbocycles. The zero-order chi connectivity index (χ0) is 14.7. The maximum Gasteiger partial charge on any atom is 0.124 e. The summed E-state index contributed by atoms with van der Waals surface area (Å²) < 4.78 is 5.79. The topological polar surface area (TPSA) is 35.2 Å². The van der Waals surface area contributed by atoms with Crippen LogP contribution in [-0.4, -0.2) is 0 Å². The molecule has 0 bridgehead atoms. The van der Waals surface area contributed by atoms with E-state index in [-0.39, 0.29) is 6.04 Å². The van der Waals surface area contributed by atoms with Crippen molar-refractivity contribution in [2.45, 2.75) is 19.6 Å². The van der Waals surface area contributed by atoms with E-state index < -0.39 is 0 Å². The number of halogens is 3. The number of benzene rings is 2. The molecule has 0 aliphatic rings. The summed E-state index contributed by atoms with van der Waals surface area (Å²) in [5, 5.41) is 1.87. The minimum atomic E-state index is -0.168. The number of ether oxygens (including phenoxy) is 1. The second-order valence-corrected chi connectivity index (χ2v) is 5.78. The summed E-state index contributed by atoms with van der Waals surface area (Å²) >= 11 is 18.0. The SMILES string of the molecule is C[C@H](N)c1cc(Cl)ccc1OCc1cc(Cl)ccc1Cl. The number of hydrogen-bond acceptors (Lipinski definition) is 2. The Kier molecular flexibility index (Phi) is 5.17. The van der Waals surface area contributed by atoms with Crippen LogP contribution in [0, 0.1) is 0 Å². The molecule has 106 valence electrons. The first-order valence-corrected chi connectivity index (χ1v) is 7.22. The lowest BCUT2D eigenvalue weighted by Crippen LogP contribution is -2.08. The molecule has 2 aromatic rings. The van der Waals surface area contributed by atoms with Crippen molar-refractivity contribution < 1.29 is 4.74 Å². The zero-order valence-corrected chi connectivity index (χ0v) is 13.1. The van der Waals surface area contributed by atoms with Crippen molar-refractivity contribution in [3.8, 4) is 5.75 Å². The maximum absolute atomic E-state index is 6.11. The van der Waals surface area contributed by atoms with Gasteiger partial charge < -0.3 is 10.5 Å². The van der Waals surface area contributed by atoms with Crippen molar-refractivity contribution in [1.29, 1.82) is 0 Å². The van der Waals surface area contributed by atoms with Gasteiger partial charge in [-0.2, -0.15) is 0 Å². The molecule has 0 heterocycles. The molecule has 1 atom stereocenters. The van der Waals surface area contributed by atoms with Crippen LogP contribution in [0.1, 0.15) is 24.1 Å². The molecule has 0 aliphatic heterocycles. The van der Waals surface area contributed by atoms with Crippen molar-refractivity contribution in [1.82, 2.24) is 0 Å². The molecule has 0 amide bonds. The Hall–Kier alpha value is -0.930. The highest BCUT2D eigenvalue weighted by Gasteiger charge is 2.10. The highest BCUT2D eigenvalue weighted by atomic mass is 35.5. The van der Waals surface area contributed by atoms with Crippen LogP contribution in [0.2, 0.25) is 15.1 Å². The third kappa shape index (κ3) is 3.80. The molecular formula is C15H14Cl3NO. The molecule has 20 heavy (non-hydrogen) atoms. The quantitative estimate of drug-likeness (QED) is 0.831. The molecule has 2 N–H and O–H groups in total. The van der Waals surface area contributed by atoms with Crippen molar-refractivity contribution in [3.05, 3.63) is 62.6 Å². The summed E-state index contributed by atoms with van der Waals surface area (Å²) in [7, 11) is 0. The van der Waals surface area contributed by atoms with Crippen molar-refractivity contribution in [2.75, 3.05) is 0 Å². The van der Waals surface area contributed by atoms with Gasteiger partial charge in [-0.3, -0.25) is 0 Å². The number of nitrogens with two attached hydrogens (primary N) is 1. The van der Waals surface area contributed by atoms with Gasteiger partial charge in [0.2, 0.25) is 0 Å². The highest BCUT2D eigenvalue weighted by Crippen LogP contribution is 2.29. The Morgan fingerprint density at radius 1 is 1.05 bits per heavy atom. The monoisotopic (exact) mass is 329 g/mol. The zero-order valence-electron chi connectivity index (χ0n) is 10.9. The lowest BCUT2D eigenvalue weighted by atomic mass is 10.1. The fraction of sp³-hybridized carbons (Fsp3) is 0.200. The van der Waals surface area contributed by atoms with Gasteiger partial charge >= 0.3 is 0 Å². The Labute approximate surface area is 133 Å². The van der Waals surface area contributed by atoms with E-state index in [1.54, 1.807) is 36.4 Å². The minimum absolute atomic E-state index is 0.168. The van der Waals surface area contributed by atoms with Gasteiger partial charge in [0.15, 0.2) is 0 Å². The summed E-state index contributed by atoms with van der Waals surface area (Å²) in [6.45, 7) is 2.20. The van der Waals surface area contributed by atoms with E-state index in [0.717, 1.165) is 11.1 Å². The van der Waals surface area contributed by atoms with Crippen molar-refractivity contribution in [2.24, 2.45) is 5.73 Å². The molecule has 2 aromatic carbocycles. The summed E-state index contributed by atoms with van der Waals surface area (Å²) in [6.07, 6.45) is 0. The van der Waals surface area contributed by atoms with E-state index in [4.69, 9.17) is 45.3 Å². The predicted octanol–water partition coefficient (Wildman–Crippen LogP) is 5.25. The molecule has 5 heteroatoms. The second-order valence-electron chi connectivity index (χ2n) is 4.50. The molecule has 2 nitrogen and oxygen atoms in total. The fourth-order valence-electron chi connectivity index (χ4n) is 1.82. The second kappa shape index (κ2) is 6.68. The molecule has 0 radical (unpaired) electrons. The molecule has 2 rings (SSSR count). The van der Waals surface area contributed by atoms with E-state index in [9.17, 15) is 0 Å². The van der Waals surface area contributed by atoms with E-state index in [2.05, 4.69) is 0 Å². The highest BCUT2D eigenvalue weighted by molar-refractivity contribution is 6.33. The van der Waals surface area contributed by atoms with Crippen LogP contribution >= 0.6 is 34.8 Å². The van der Waals surface area contributed by atoms with Crippen LogP contribution < -0.4 is 10.5 Å². The third-order valence-corrected chi connectivity index (χ3v) is 3.69. The Bertz CT molecular complexity index is 614. The van der Waals surface area contributed by atoms with Crippen LogP contribution in [0.5, 0.6) is 5.75 Å². The van der Waals surface area contributed by atoms with Gasteiger partial charge in [0.05, 0.1) is 0 Å². The van der Waals surface area contributed by atoms with Crippen LogP contribution in [0.15, 0.2) is 36.4 Å². The minimum Gasteiger partial charge on any atom is -0.489 e. The Morgan fingerprint density at radius 3 is 2.40 bits per heavy atom. The molecule has 0 unspecified atom stereocenters. The summed E-state index contributed by atoms with van der Waals surface area (Å²) in [5.74, 6) is 0.695. The smallest absolute Gasteiger partial charge is 0.124 e. The molecule has 0 spiro atoms. The first-order chi connectivity index (χ1) is 9.47. The Morgan fingerprint density at radius 2 is 1.70 bits per heavy atom. The maximum atomic E-state index is 6.11. The van der Waals surface area contributed by atoms with E-state index >= 15 is 0 Å². The van der Waals surface area contributed by atoms with E-state index in [0.29, 0.717) is 27.4 Å². The average Bonchev–Trinajstić information content (AvgIpc) is 2.40. The first kappa shape index (κ1) is 15.5. The van der Waals surface area contributed by atoms with Crippen LogP contribution in [0.3, 0.4) is 0 Å². The lowest BCUT2D eigenvalue weighted by molar-refractivity contribution is 0.301. The van der Waals surface area contributed by atoms with Gasteiger partial charge in [0.25, 0.3) is 0 Å². The number of hydrogen-bond donors (Lipinski definition) is 1. The lowest BCUT2D eigenvalue weighted by Gasteiger charge is -2.15. The average molecular weight is 331 g/mol. The third-order valence-electron chi connectivity index (χ3n) is 2.85. The van der Waals surface area contributed by atoms with Gasteiger partial charge in [-0.15, -0.1) is 0 Å². The van der Waals surface area contributed by atoms with Crippen LogP contribution in [0.4, 0.5) is 0 Å². The Balaban J connectivity index is 2.20. The largest absolute Gasteiger partial charge is 0.489 e. The number of rotatable bonds is 4. The molecule has 0 aliphatic carbocycles. The fourth-order valence-corrected chi connectivity index (χ4v) is 2.36. The van der Waals surface area contributed by atoms with Crippen LogP contribution in [-0.2, 0) is 6.61 Å². The van der Waals surface area contributed by atoms with Gasteiger partial charge in [-0.05, 0) is 43.3 Å². The standard InChI is InChI=1S/C15H14Cl3NO/c1-9(19)13-7-12(17)3-5-15(13)20-8-10-6-11(16)2-4-14(10)18/h2-7,9H,8,19H2,1H3/t9-/m0/s1. The molecule has 0 saturated heterocycles. The molecule has 0 fully saturated rings. The van der Waals surface area contributed by atoms with E-state index in [1.165, 1.54) is 0 Å². The summed E-state index contributed by atoms with van der Waals surface area (Å²) in [5.41, 5.74) is 7.60.